The van der Waals surface area contributed by atoms with E-state index in [1.54, 1.807) is 23.3 Å². The first-order chi connectivity index (χ1) is 13.0. The predicted octanol–water partition coefficient (Wildman–Crippen LogP) is 4.15. The molecule has 0 unspecified atom stereocenters. The summed E-state index contributed by atoms with van der Waals surface area (Å²) in [6.07, 6.45) is 3.34. The summed E-state index contributed by atoms with van der Waals surface area (Å²) in [5.41, 5.74) is 8.47. The summed E-state index contributed by atoms with van der Waals surface area (Å²) < 4.78 is 0. The summed E-state index contributed by atoms with van der Waals surface area (Å²) in [6, 6.07) is 9.61. The summed E-state index contributed by atoms with van der Waals surface area (Å²) >= 11 is 3.07. The number of rotatable bonds is 4. The van der Waals surface area contributed by atoms with Gasteiger partial charge in [-0.05, 0) is 42.9 Å². The number of nitrogen functional groups attached to an aromatic ring is 1. The van der Waals surface area contributed by atoms with Gasteiger partial charge in [-0.3, -0.25) is 4.79 Å². The third-order valence-corrected chi connectivity index (χ3v) is 6.99. The zero-order valence-corrected chi connectivity index (χ0v) is 17.1. The van der Waals surface area contributed by atoms with Crippen molar-refractivity contribution < 1.29 is 4.79 Å². The van der Waals surface area contributed by atoms with Crippen molar-refractivity contribution in [3.63, 3.8) is 0 Å². The number of nitrogens with two attached hydrogens (primary N) is 1. The van der Waals surface area contributed by atoms with Crippen LogP contribution < -0.4 is 10.6 Å². The van der Waals surface area contributed by atoms with Crippen LogP contribution in [0.2, 0.25) is 0 Å². The van der Waals surface area contributed by atoms with Crippen LogP contribution in [0.25, 0.3) is 10.2 Å². The van der Waals surface area contributed by atoms with E-state index in [1.807, 2.05) is 30.3 Å². The Kier molecular flexibility index (Phi) is 5.06. The minimum absolute atomic E-state index is 0.00719. The van der Waals surface area contributed by atoms with Gasteiger partial charge >= 0.3 is 0 Å². The summed E-state index contributed by atoms with van der Waals surface area (Å²) in [5, 5.41) is 1.60. The quantitative estimate of drug-likeness (QED) is 0.528. The molecule has 1 aliphatic rings. The third kappa shape index (κ3) is 3.66. The topological polar surface area (TPSA) is 72.1 Å². The average molecular weight is 399 g/mol. The zero-order chi connectivity index (χ0) is 19.0. The SMILES string of the molecule is C[C@H]1CCc2c(sc3nc(SCC(=O)N(C)c4ccccc4)nc(N)c23)C1. The third-order valence-electron chi connectivity index (χ3n) is 5.00. The molecule has 0 saturated carbocycles. The number of fused-ring (bicyclic) bond motifs is 3. The molecule has 140 valence electrons. The van der Waals surface area contributed by atoms with Crippen LogP contribution in [-0.2, 0) is 17.6 Å². The lowest BCUT2D eigenvalue weighted by Gasteiger charge is -2.18. The van der Waals surface area contributed by atoms with Crippen LogP contribution in [0, 0.1) is 5.92 Å². The highest BCUT2D eigenvalue weighted by Gasteiger charge is 2.23. The van der Waals surface area contributed by atoms with Gasteiger partial charge in [0.2, 0.25) is 5.91 Å². The Bertz CT molecular complexity index is 987. The molecule has 4 rings (SSSR count). The van der Waals surface area contributed by atoms with Crippen molar-refractivity contribution in [3.05, 3.63) is 40.8 Å². The second-order valence-corrected chi connectivity index (χ2v) is 9.03. The average Bonchev–Trinajstić information content (AvgIpc) is 3.03. The Morgan fingerprint density at radius 1 is 1.33 bits per heavy atom. The summed E-state index contributed by atoms with van der Waals surface area (Å²) in [6.45, 7) is 2.29. The van der Waals surface area contributed by atoms with E-state index in [0.717, 1.165) is 28.7 Å². The summed E-state index contributed by atoms with van der Waals surface area (Å²) in [7, 11) is 1.78. The molecule has 0 spiro atoms. The zero-order valence-electron chi connectivity index (χ0n) is 15.4. The Hall–Kier alpha value is -2.12. The van der Waals surface area contributed by atoms with Crippen molar-refractivity contribution >= 4 is 50.7 Å². The van der Waals surface area contributed by atoms with Crippen molar-refractivity contribution in [3.8, 4) is 0 Å². The molecule has 2 heterocycles. The van der Waals surface area contributed by atoms with Crippen LogP contribution in [0.15, 0.2) is 35.5 Å². The van der Waals surface area contributed by atoms with Crippen LogP contribution in [0.1, 0.15) is 23.8 Å². The van der Waals surface area contributed by atoms with Crippen molar-refractivity contribution in [2.75, 3.05) is 23.4 Å². The van der Waals surface area contributed by atoms with Crippen molar-refractivity contribution in [1.29, 1.82) is 0 Å². The molecular weight excluding hydrogens is 376 g/mol. The molecule has 2 aromatic heterocycles. The number of thiophene rings is 1. The molecule has 0 fully saturated rings. The van der Waals surface area contributed by atoms with E-state index in [0.29, 0.717) is 16.9 Å². The number of para-hydroxylation sites is 1. The molecule has 0 radical (unpaired) electrons. The molecule has 3 aromatic rings. The van der Waals surface area contributed by atoms with Crippen molar-refractivity contribution in [2.45, 2.75) is 31.3 Å². The first kappa shape index (κ1) is 18.3. The molecule has 0 aliphatic heterocycles. The Morgan fingerprint density at radius 2 is 2.11 bits per heavy atom. The number of benzene rings is 1. The number of aryl methyl sites for hydroxylation is 1. The van der Waals surface area contributed by atoms with Gasteiger partial charge in [-0.2, -0.15) is 0 Å². The van der Waals surface area contributed by atoms with Gasteiger partial charge in [-0.15, -0.1) is 11.3 Å². The molecule has 5 nitrogen and oxygen atoms in total. The van der Waals surface area contributed by atoms with E-state index >= 15 is 0 Å². The molecule has 1 aromatic carbocycles. The molecule has 1 amide bonds. The second kappa shape index (κ2) is 7.48. The number of carbonyl (C=O) groups excluding carboxylic acids is 1. The number of aromatic nitrogens is 2. The van der Waals surface area contributed by atoms with Crippen molar-refractivity contribution in [2.24, 2.45) is 5.92 Å². The first-order valence-corrected chi connectivity index (χ1v) is 10.8. The highest BCUT2D eigenvalue weighted by Crippen LogP contribution is 2.39. The smallest absolute Gasteiger partial charge is 0.237 e. The highest BCUT2D eigenvalue weighted by molar-refractivity contribution is 7.99. The molecule has 7 heteroatoms. The van der Waals surface area contributed by atoms with Crippen LogP contribution in [0.3, 0.4) is 0 Å². The number of thioether (sulfide) groups is 1. The number of amides is 1. The fourth-order valence-corrected chi connectivity index (χ4v) is 5.65. The van der Waals surface area contributed by atoms with Crippen LogP contribution in [0.4, 0.5) is 11.5 Å². The Balaban J connectivity index is 1.52. The number of hydrogen-bond acceptors (Lipinski definition) is 6. The normalized spacial score (nSPS) is 16.3. The molecule has 0 bridgehead atoms. The molecule has 1 atom stereocenters. The molecule has 27 heavy (non-hydrogen) atoms. The van der Waals surface area contributed by atoms with Gasteiger partial charge in [-0.25, -0.2) is 9.97 Å². The van der Waals surface area contributed by atoms with Gasteiger partial charge in [-0.1, -0.05) is 36.9 Å². The van der Waals surface area contributed by atoms with Crippen LogP contribution in [0.5, 0.6) is 0 Å². The number of anilines is 2. The monoisotopic (exact) mass is 398 g/mol. The van der Waals surface area contributed by atoms with E-state index in [9.17, 15) is 4.79 Å². The maximum absolute atomic E-state index is 12.5. The van der Waals surface area contributed by atoms with Crippen molar-refractivity contribution in [1.82, 2.24) is 9.97 Å². The van der Waals surface area contributed by atoms with E-state index in [4.69, 9.17) is 5.73 Å². The largest absolute Gasteiger partial charge is 0.383 e. The van der Waals surface area contributed by atoms with E-state index in [-0.39, 0.29) is 11.7 Å². The lowest BCUT2D eigenvalue weighted by atomic mass is 9.89. The van der Waals surface area contributed by atoms with E-state index in [2.05, 4.69) is 16.9 Å². The van der Waals surface area contributed by atoms with Crippen LogP contribution >= 0.6 is 23.1 Å². The summed E-state index contributed by atoms with van der Waals surface area (Å²) in [5.74, 6) is 1.53. The fourth-order valence-electron chi connectivity index (χ4n) is 3.43. The number of hydrogen-bond donors (Lipinski definition) is 1. The van der Waals surface area contributed by atoms with Gasteiger partial charge < -0.3 is 10.6 Å². The minimum atomic E-state index is 0.00719. The van der Waals surface area contributed by atoms with Gasteiger partial charge in [0.25, 0.3) is 0 Å². The Labute approximate surface area is 167 Å². The highest BCUT2D eigenvalue weighted by atomic mass is 32.2. The van der Waals surface area contributed by atoms with Gasteiger partial charge in [0, 0.05) is 17.6 Å². The number of nitrogens with zero attached hydrogens (tertiary/aromatic N) is 3. The maximum atomic E-state index is 12.5. The van der Waals surface area contributed by atoms with Crippen LogP contribution in [-0.4, -0.2) is 28.7 Å². The van der Waals surface area contributed by atoms with Gasteiger partial charge in [0.05, 0.1) is 11.1 Å². The predicted molar refractivity (Wildman–Crippen MR) is 114 cm³/mol. The lowest BCUT2D eigenvalue weighted by Crippen LogP contribution is -2.27. The standard InChI is InChI=1S/C20H22N4OS2/c1-12-8-9-14-15(10-12)27-19-17(14)18(21)22-20(23-19)26-11-16(25)24(2)13-6-4-3-5-7-13/h3-7,12H,8-11H2,1-2H3,(H2,21,22,23)/t12-/m0/s1. The second-order valence-electron chi connectivity index (χ2n) is 7.00. The van der Waals surface area contributed by atoms with Gasteiger partial charge in [0.15, 0.2) is 5.16 Å². The van der Waals surface area contributed by atoms with E-state index < -0.39 is 0 Å². The fraction of sp³-hybridized carbons (Fsp3) is 0.350. The Morgan fingerprint density at radius 3 is 2.89 bits per heavy atom. The van der Waals surface area contributed by atoms with Gasteiger partial charge in [0.1, 0.15) is 10.6 Å². The molecule has 2 N–H and O–H groups in total. The lowest BCUT2D eigenvalue weighted by molar-refractivity contribution is -0.115. The number of carbonyl (C=O) groups is 1. The molecule has 0 saturated heterocycles. The minimum Gasteiger partial charge on any atom is -0.383 e. The summed E-state index contributed by atoms with van der Waals surface area (Å²) in [4.78, 5) is 25.6. The van der Waals surface area contributed by atoms with E-state index in [1.165, 1.54) is 28.6 Å². The first-order valence-electron chi connectivity index (χ1n) is 9.05. The molecular formula is C20H22N4OS2. The maximum Gasteiger partial charge on any atom is 0.237 e. The molecule has 1 aliphatic carbocycles.